The average Bonchev–Trinajstić information content (AvgIpc) is 2.62. The van der Waals surface area contributed by atoms with Gasteiger partial charge in [0.1, 0.15) is 11.9 Å². The fraction of sp³-hybridized carbons (Fsp3) is 0.375. The molecule has 23 heavy (non-hydrogen) atoms. The molecule has 7 nitrogen and oxygen atoms in total. The van der Waals surface area contributed by atoms with Crippen molar-refractivity contribution in [2.75, 3.05) is 38.7 Å². The molecule has 2 aromatic rings. The molecule has 3 heterocycles. The lowest BCUT2D eigenvalue weighted by molar-refractivity contribution is -0.0249. The zero-order valence-corrected chi connectivity index (χ0v) is 13.2. The first kappa shape index (κ1) is 15.4. The Balaban J connectivity index is 1.76. The molecule has 1 aliphatic rings. The minimum atomic E-state index is -0.232. The van der Waals surface area contributed by atoms with Gasteiger partial charge in [0.25, 0.3) is 5.91 Å². The Bertz CT molecular complexity index is 677. The Labute approximate surface area is 134 Å². The molecule has 7 heteroatoms. The summed E-state index contributed by atoms with van der Waals surface area (Å²) in [6.45, 7) is 1.48. The van der Waals surface area contributed by atoms with Crippen molar-refractivity contribution in [2.24, 2.45) is 0 Å². The number of carbonyl (C=O) groups is 1. The molecule has 2 aromatic heterocycles. The molecule has 0 aliphatic carbocycles. The molecule has 0 N–H and O–H groups in total. The van der Waals surface area contributed by atoms with Crippen LogP contribution in [-0.4, -0.2) is 59.8 Å². The zero-order valence-electron chi connectivity index (χ0n) is 13.2. The van der Waals surface area contributed by atoms with Crippen LogP contribution in [0.25, 0.3) is 0 Å². The molecule has 1 atom stereocenters. The lowest BCUT2D eigenvalue weighted by Gasteiger charge is -2.32. The van der Waals surface area contributed by atoms with Gasteiger partial charge in [-0.1, -0.05) is 6.07 Å². The van der Waals surface area contributed by atoms with E-state index in [0.717, 1.165) is 11.5 Å². The van der Waals surface area contributed by atoms with Gasteiger partial charge < -0.3 is 14.5 Å². The lowest BCUT2D eigenvalue weighted by Crippen LogP contribution is -2.42. The summed E-state index contributed by atoms with van der Waals surface area (Å²) < 4.78 is 5.80. The number of rotatable bonds is 3. The minimum absolute atomic E-state index is 0.129. The number of hydrogen-bond acceptors (Lipinski definition) is 6. The maximum Gasteiger partial charge on any atom is 0.274 e. The van der Waals surface area contributed by atoms with Gasteiger partial charge >= 0.3 is 0 Å². The number of nitrogens with zero attached hydrogens (tertiary/aromatic N) is 5. The summed E-state index contributed by atoms with van der Waals surface area (Å²) in [6.07, 6.45) is 1.32. The van der Waals surface area contributed by atoms with Crippen LogP contribution < -0.4 is 4.90 Å². The number of hydrogen-bond donors (Lipinski definition) is 0. The second-order valence-electron chi connectivity index (χ2n) is 5.53. The number of aromatic nitrogens is 3. The van der Waals surface area contributed by atoms with Crippen LogP contribution in [0.2, 0.25) is 0 Å². The number of ether oxygens (including phenoxy) is 1. The number of anilines is 1. The summed E-state index contributed by atoms with van der Waals surface area (Å²) in [5.41, 5.74) is 1.18. The monoisotopic (exact) mass is 313 g/mol. The van der Waals surface area contributed by atoms with E-state index >= 15 is 0 Å². The predicted octanol–water partition coefficient (Wildman–Crippen LogP) is 1.15. The van der Waals surface area contributed by atoms with Crippen LogP contribution in [0.4, 0.5) is 5.82 Å². The minimum Gasteiger partial charge on any atom is -0.368 e. The third-order valence-electron chi connectivity index (χ3n) is 3.69. The number of amides is 1. The molecule has 0 bridgehead atoms. The number of morpholine rings is 1. The van der Waals surface area contributed by atoms with Crippen LogP contribution >= 0.6 is 0 Å². The van der Waals surface area contributed by atoms with Gasteiger partial charge in [0.15, 0.2) is 5.69 Å². The molecule has 1 saturated heterocycles. The van der Waals surface area contributed by atoms with Crippen molar-refractivity contribution >= 4 is 11.7 Å². The van der Waals surface area contributed by atoms with Crippen molar-refractivity contribution in [3.8, 4) is 0 Å². The molecule has 120 valence electrons. The molecule has 0 saturated carbocycles. The van der Waals surface area contributed by atoms with E-state index in [1.54, 1.807) is 23.2 Å². The quantitative estimate of drug-likeness (QED) is 0.846. The van der Waals surface area contributed by atoms with Gasteiger partial charge in [-0.05, 0) is 24.3 Å². The largest absolute Gasteiger partial charge is 0.368 e. The molecule has 1 amide bonds. The third-order valence-corrected chi connectivity index (χ3v) is 3.69. The van der Waals surface area contributed by atoms with Crippen LogP contribution in [0.3, 0.4) is 0 Å². The summed E-state index contributed by atoms with van der Waals surface area (Å²) in [5, 5.41) is 7.65. The van der Waals surface area contributed by atoms with Crippen LogP contribution in [0.5, 0.6) is 0 Å². The van der Waals surface area contributed by atoms with Crippen molar-refractivity contribution < 1.29 is 9.53 Å². The highest BCUT2D eigenvalue weighted by atomic mass is 16.5. The van der Waals surface area contributed by atoms with E-state index in [-0.39, 0.29) is 12.0 Å². The Hall–Kier alpha value is -2.54. The van der Waals surface area contributed by atoms with E-state index in [1.807, 2.05) is 37.2 Å². The Morgan fingerprint density at radius 3 is 2.91 bits per heavy atom. The first-order valence-corrected chi connectivity index (χ1v) is 7.48. The van der Waals surface area contributed by atoms with Crippen LogP contribution in [0, 0.1) is 0 Å². The lowest BCUT2D eigenvalue weighted by atomic mass is 10.1. The van der Waals surface area contributed by atoms with Crippen molar-refractivity contribution in [3.63, 3.8) is 0 Å². The molecule has 0 radical (unpaired) electrons. The van der Waals surface area contributed by atoms with E-state index < -0.39 is 0 Å². The molecule has 0 spiro atoms. The Morgan fingerprint density at radius 2 is 2.17 bits per heavy atom. The first-order valence-electron chi connectivity index (χ1n) is 7.48. The van der Waals surface area contributed by atoms with Gasteiger partial charge in [-0.25, -0.2) is 4.98 Å². The maximum absolute atomic E-state index is 12.5. The molecular formula is C16H19N5O2. The third kappa shape index (κ3) is 3.45. The van der Waals surface area contributed by atoms with Crippen molar-refractivity contribution in [2.45, 2.75) is 6.10 Å². The smallest absolute Gasteiger partial charge is 0.274 e. The summed E-state index contributed by atoms with van der Waals surface area (Å²) in [4.78, 5) is 20.8. The molecule has 3 rings (SSSR count). The SMILES string of the molecule is CN(C)c1cccc([C@H]2CN(C(=O)c3cccnn3)CCO2)n1. The fourth-order valence-corrected chi connectivity index (χ4v) is 2.46. The molecule has 1 fully saturated rings. The maximum atomic E-state index is 12.5. The van der Waals surface area contributed by atoms with Gasteiger partial charge in [0.05, 0.1) is 18.8 Å². The first-order chi connectivity index (χ1) is 11.1. The highest BCUT2D eigenvalue weighted by Gasteiger charge is 2.27. The second-order valence-corrected chi connectivity index (χ2v) is 5.53. The normalized spacial score (nSPS) is 17.8. The highest BCUT2D eigenvalue weighted by Crippen LogP contribution is 2.23. The van der Waals surface area contributed by atoms with Gasteiger partial charge in [0, 0.05) is 26.8 Å². The molecular weight excluding hydrogens is 294 g/mol. The molecule has 0 aromatic carbocycles. The summed E-state index contributed by atoms with van der Waals surface area (Å²) in [7, 11) is 3.88. The van der Waals surface area contributed by atoms with Gasteiger partial charge in [-0.15, -0.1) is 5.10 Å². The van der Waals surface area contributed by atoms with E-state index in [4.69, 9.17) is 4.74 Å². The van der Waals surface area contributed by atoms with Gasteiger partial charge in [-0.3, -0.25) is 4.79 Å². The molecule has 1 aliphatic heterocycles. The average molecular weight is 313 g/mol. The second kappa shape index (κ2) is 6.70. The Morgan fingerprint density at radius 1 is 1.30 bits per heavy atom. The van der Waals surface area contributed by atoms with Crippen LogP contribution in [-0.2, 0) is 4.74 Å². The standard InChI is InChI=1S/C16H19N5O2/c1-20(2)15-7-3-5-12(18-15)14-11-21(9-10-23-14)16(22)13-6-4-8-17-19-13/h3-8,14H,9-11H2,1-2H3/t14-/m1/s1. The van der Waals surface area contributed by atoms with E-state index in [9.17, 15) is 4.79 Å². The predicted molar refractivity (Wildman–Crippen MR) is 85.2 cm³/mol. The van der Waals surface area contributed by atoms with Gasteiger partial charge in [-0.2, -0.15) is 5.10 Å². The highest BCUT2D eigenvalue weighted by molar-refractivity contribution is 5.92. The van der Waals surface area contributed by atoms with Crippen molar-refractivity contribution in [1.29, 1.82) is 0 Å². The molecule has 0 unspecified atom stereocenters. The van der Waals surface area contributed by atoms with E-state index in [2.05, 4.69) is 15.2 Å². The zero-order chi connectivity index (χ0) is 16.2. The summed E-state index contributed by atoms with van der Waals surface area (Å²) in [6, 6.07) is 9.19. The summed E-state index contributed by atoms with van der Waals surface area (Å²) >= 11 is 0. The number of pyridine rings is 1. The number of carbonyl (C=O) groups excluding carboxylic acids is 1. The van der Waals surface area contributed by atoms with Crippen LogP contribution in [0.1, 0.15) is 22.3 Å². The van der Waals surface area contributed by atoms with Crippen molar-refractivity contribution in [1.82, 2.24) is 20.1 Å². The van der Waals surface area contributed by atoms with Crippen molar-refractivity contribution in [3.05, 3.63) is 47.9 Å². The van der Waals surface area contributed by atoms with E-state index in [0.29, 0.717) is 25.4 Å². The van der Waals surface area contributed by atoms with E-state index in [1.165, 1.54) is 0 Å². The fourth-order valence-electron chi connectivity index (χ4n) is 2.46. The van der Waals surface area contributed by atoms with Crippen LogP contribution in [0.15, 0.2) is 36.5 Å². The van der Waals surface area contributed by atoms with Gasteiger partial charge in [0.2, 0.25) is 0 Å². The Kier molecular flexibility index (Phi) is 4.47. The summed E-state index contributed by atoms with van der Waals surface area (Å²) in [5.74, 6) is 0.735. The topological polar surface area (TPSA) is 71.5 Å².